The van der Waals surface area contributed by atoms with Crippen LogP contribution >= 0.6 is 0 Å². The van der Waals surface area contributed by atoms with E-state index in [4.69, 9.17) is 9.47 Å². The van der Waals surface area contributed by atoms with Crippen molar-refractivity contribution in [1.29, 1.82) is 0 Å². The predicted molar refractivity (Wildman–Crippen MR) is 71.8 cm³/mol. The van der Waals surface area contributed by atoms with Gasteiger partial charge in [0.25, 0.3) is 0 Å². The van der Waals surface area contributed by atoms with Gasteiger partial charge in [0.05, 0.1) is 0 Å². The Kier molecular flexibility index (Phi) is 3.40. The van der Waals surface area contributed by atoms with Crippen molar-refractivity contribution in [1.82, 2.24) is 9.80 Å². The minimum Gasteiger partial charge on any atom is -0.507 e. The molecule has 1 fully saturated rings. The van der Waals surface area contributed by atoms with Crippen molar-refractivity contribution in [3.8, 4) is 17.2 Å². The first-order valence-corrected chi connectivity index (χ1v) is 6.73. The van der Waals surface area contributed by atoms with Gasteiger partial charge in [-0.1, -0.05) is 0 Å². The second-order valence-electron chi connectivity index (χ2n) is 5.12. The molecule has 108 valence electrons. The lowest BCUT2D eigenvalue weighted by Gasteiger charge is -2.34. The fourth-order valence-corrected chi connectivity index (χ4v) is 2.56. The maximum Gasteiger partial charge on any atom is 0.231 e. The Bertz CT molecular complexity index is 524. The summed E-state index contributed by atoms with van der Waals surface area (Å²) in [5.41, 5.74) is 0.825. The molecule has 2 aliphatic rings. The molecule has 1 N–H and O–H groups in total. The van der Waals surface area contributed by atoms with E-state index in [0.717, 1.165) is 31.7 Å². The zero-order chi connectivity index (χ0) is 14.1. The molecule has 1 aromatic carbocycles. The van der Waals surface area contributed by atoms with Crippen molar-refractivity contribution < 1.29 is 19.4 Å². The summed E-state index contributed by atoms with van der Waals surface area (Å²) in [6, 6.07) is 3.43. The van der Waals surface area contributed by atoms with Crippen LogP contribution in [0.4, 0.5) is 0 Å². The van der Waals surface area contributed by atoms with Crippen LogP contribution in [0.5, 0.6) is 17.2 Å². The average molecular weight is 278 g/mol. The third-order valence-corrected chi connectivity index (χ3v) is 3.79. The standard InChI is InChI=1S/C14H18N2O4/c1-10(17)16-4-2-15(3-5-16)8-11-6-13-14(7-12(11)18)20-9-19-13/h6-7,18H,2-5,8-9H2,1H3. The minimum atomic E-state index is 0.121. The van der Waals surface area contributed by atoms with Crippen molar-refractivity contribution in [2.45, 2.75) is 13.5 Å². The zero-order valence-corrected chi connectivity index (χ0v) is 11.5. The Labute approximate surface area is 117 Å². The molecule has 0 aromatic heterocycles. The number of amides is 1. The molecule has 0 spiro atoms. The number of benzene rings is 1. The third kappa shape index (κ3) is 2.51. The van der Waals surface area contributed by atoms with Gasteiger partial charge in [0.15, 0.2) is 11.5 Å². The third-order valence-electron chi connectivity index (χ3n) is 3.79. The molecule has 0 atom stereocenters. The van der Waals surface area contributed by atoms with Crippen LogP contribution in [-0.4, -0.2) is 53.8 Å². The van der Waals surface area contributed by atoms with Crippen LogP contribution in [0.2, 0.25) is 0 Å². The first-order chi connectivity index (χ1) is 9.63. The summed E-state index contributed by atoms with van der Waals surface area (Å²) in [5, 5.41) is 10.0. The van der Waals surface area contributed by atoms with Crippen molar-refractivity contribution in [3.05, 3.63) is 17.7 Å². The molecular formula is C14H18N2O4. The van der Waals surface area contributed by atoms with E-state index in [0.29, 0.717) is 18.0 Å². The number of ether oxygens (including phenoxy) is 2. The van der Waals surface area contributed by atoms with E-state index in [9.17, 15) is 9.90 Å². The van der Waals surface area contributed by atoms with Crippen molar-refractivity contribution in [2.75, 3.05) is 33.0 Å². The second-order valence-corrected chi connectivity index (χ2v) is 5.12. The van der Waals surface area contributed by atoms with Crippen molar-refractivity contribution in [2.24, 2.45) is 0 Å². The number of rotatable bonds is 2. The smallest absolute Gasteiger partial charge is 0.231 e. The van der Waals surface area contributed by atoms with Gasteiger partial charge in [0.1, 0.15) is 5.75 Å². The molecule has 0 bridgehead atoms. The van der Waals surface area contributed by atoms with E-state index in [1.807, 2.05) is 11.0 Å². The van der Waals surface area contributed by atoms with Gasteiger partial charge in [0, 0.05) is 51.3 Å². The summed E-state index contributed by atoms with van der Waals surface area (Å²) in [7, 11) is 0. The van der Waals surface area contributed by atoms with E-state index in [2.05, 4.69) is 4.90 Å². The van der Waals surface area contributed by atoms with Gasteiger partial charge in [-0.3, -0.25) is 9.69 Å². The van der Waals surface area contributed by atoms with E-state index in [1.165, 1.54) is 0 Å². The molecule has 0 saturated carbocycles. The highest BCUT2D eigenvalue weighted by atomic mass is 16.7. The summed E-state index contributed by atoms with van der Waals surface area (Å²) in [6.45, 7) is 5.55. The van der Waals surface area contributed by atoms with Gasteiger partial charge in [-0.15, -0.1) is 0 Å². The van der Waals surface area contributed by atoms with Gasteiger partial charge < -0.3 is 19.5 Å². The lowest BCUT2D eigenvalue weighted by Crippen LogP contribution is -2.47. The normalized spacial score (nSPS) is 18.4. The van der Waals surface area contributed by atoms with Crippen LogP contribution < -0.4 is 9.47 Å². The Morgan fingerprint density at radius 2 is 1.85 bits per heavy atom. The summed E-state index contributed by atoms with van der Waals surface area (Å²) < 4.78 is 10.6. The highest BCUT2D eigenvalue weighted by Crippen LogP contribution is 2.38. The molecule has 3 rings (SSSR count). The van der Waals surface area contributed by atoms with Crippen LogP contribution in [0, 0.1) is 0 Å². The van der Waals surface area contributed by atoms with Crippen molar-refractivity contribution >= 4 is 5.91 Å². The zero-order valence-electron chi connectivity index (χ0n) is 11.5. The fraction of sp³-hybridized carbons (Fsp3) is 0.500. The SMILES string of the molecule is CC(=O)N1CCN(Cc2cc3c(cc2O)OCO3)CC1. The molecule has 6 nitrogen and oxygen atoms in total. The summed E-state index contributed by atoms with van der Waals surface area (Å²) >= 11 is 0. The largest absolute Gasteiger partial charge is 0.507 e. The first-order valence-electron chi connectivity index (χ1n) is 6.73. The number of phenolic OH excluding ortho intramolecular Hbond substituents is 1. The Balaban J connectivity index is 1.66. The number of aromatic hydroxyl groups is 1. The number of piperazine rings is 1. The van der Waals surface area contributed by atoms with Crippen LogP contribution in [0.3, 0.4) is 0 Å². The lowest BCUT2D eigenvalue weighted by atomic mass is 10.1. The van der Waals surface area contributed by atoms with Gasteiger partial charge >= 0.3 is 0 Å². The predicted octanol–water partition coefficient (Wildman–Crippen LogP) is 0.785. The van der Waals surface area contributed by atoms with Crippen LogP contribution in [-0.2, 0) is 11.3 Å². The highest BCUT2D eigenvalue weighted by molar-refractivity contribution is 5.73. The Morgan fingerprint density at radius 1 is 1.20 bits per heavy atom. The molecule has 0 aliphatic carbocycles. The van der Waals surface area contributed by atoms with Crippen LogP contribution in [0.1, 0.15) is 12.5 Å². The topological polar surface area (TPSA) is 62.2 Å². The van der Waals surface area contributed by atoms with E-state index in [1.54, 1.807) is 13.0 Å². The van der Waals surface area contributed by atoms with Gasteiger partial charge in [0.2, 0.25) is 12.7 Å². The van der Waals surface area contributed by atoms with Gasteiger partial charge in [-0.2, -0.15) is 0 Å². The van der Waals surface area contributed by atoms with E-state index < -0.39 is 0 Å². The molecule has 2 aliphatic heterocycles. The number of hydrogen-bond donors (Lipinski definition) is 1. The highest BCUT2D eigenvalue weighted by Gasteiger charge is 2.22. The molecule has 6 heteroatoms. The first kappa shape index (κ1) is 13.1. The van der Waals surface area contributed by atoms with Crippen LogP contribution in [0.25, 0.3) is 0 Å². The Morgan fingerprint density at radius 3 is 2.50 bits per heavy atom. The maximum atomic E-state index is 11.3. The molecule has 1 aromatic rings. The monoisotopic (exact) mass is 278 g/mol. The average Bonchev–Trinajstić information content (AvgIpc) is 2.87. The molecule has 1 amide bonds. The fourth-order valence-electron chi connectivity index (χ4n) is 2.56. The molecule has 2 heterocycles. The number of carbonyl (C=O) groups excluding carboxylic acids is 1. The molecule has 0 unspecified atom stereocenters. The summed E-state index contributed by atoms with van der Waals surface area (Å²) in [4.78, 5) is 15.3. The summed E-state index contributed by atoms with van der Waals surface area (Å²) in [5.74, 6) is 1.62. The molecular weight excluding hydrogens is 260 g/mol. The van der Waals surface area contributed by atoms with Gasteiger partial charge in [-0.25, -0.2) is 0 Å². The Hall–Kier alpha value is -1.95. The maximum absolute atomic E-state index is 11.3. The second kappa shape index (κ2) is 5.20. The number of phenols is 1. The quantitative estimate of drug-likeness (QED) is 0.866. The molecule has 1 saturated heterocycles. The number of carbonyl (C=O) groups is 1. The van der Waals surface area contributed by atoms with Crippen molar-refractivity contribution in [3.63, 3.8) is 0 Å². The minimum absolute atomic E-state index is 0.121. The van der Waals surface area contributed by atoms with E-state index in [-0.39, 0.29) is 18.4 Å². The number of hydrogen-bond acceptors (Lipinski definition) is 5. The summed E-state index contributed by atoms with van der Waals surface area (Å²) in [6.07, 6.45) is 0. The number of nitrogens with zero attached hydrogens (tertiary/aromatic N) is 2. The molecule has 0 radical (unpaired) electrons. The van der Waals surface area contributed by atoms with E-state index >= 15 is 0 Å². The number of fused-ring (bicyclic) bond motifs is 1. The van der Waals surface area contributed by atoms with Gasteiger partial charge in [-0.05, 0) is 6.07 Å². The lowest BCUT2D eigenvalue weighted by molar-refractivity contribution is -0.130. The molecule has 20 heavy (non-hydrogen) atoms. The van der Waals surface area contributed by atoms with Crippen LogP contribution in [0.15, 0.2) is 12.1 Å².